The number of allylic oxidation sites excluding steroid dienone is 3. The molecule has 0 N–H and O–H groups in total. The van der Waals surface area contributed by atoms with Gasteiger partial charge in [-0.25, -0.2) is 0 Å². The van der Waals surface area contributed by atoms with E-state index in [1.54, 1.807) is 6.08 Å². The fourth-order valence-corrected chi connectivity index (χ4v) is 2.31. The van der Waals surface area contributed by atoms with Crippen molar-refractivity contribution < 1.29 is 19.1 Å². The van der Waals surface area contributed by atoms with E-state index in [1.807, 2.05) is 6.08 Å². The maximum atomic E-state index is 11.0. The fraction of sp³-hybridized carbons (Fsp3) is 0.625. The van der Waals surface area contributed by atoms with E-state index in [0.29, 0.717) is 11.8 Å². The van der Waals surface area contributed by atoms with Crippen LogP contribution in [-0.4, -0.2) is 18.2 Å². The predicted octanol–water partition coefficient (Wildman–Crippen LogP) is 3.38. The topological polar surface area (TPSA) is 52.6 Å². The Morgan fingerprint density at radius 3 is 2.35 bits per heavy atom. The average Bonchev–Trinajstić information content (AvgIpc) is 2.35. The van der Waals surface area contributed by atoms with Gasteiger partial charge >= 0.3 is 11.9 Å². The standard InChI is InChI=1S/C16H24O4/c1-11(2)15-7-5-6-14(10-15)8-9-16(19-12(3)17)20-13(4)18/h6,8-9,11,15-16H,5,7,10H2,1-4H3. The van der Waals surface area contributed by atoms with Gasteiger partial charge in [0, 0.05) is 13.8 Å². The first-order chi connectivity index (χ1) is 9.38. The lowest BCUT2D eigenvalue weighted by molar-refractivity contribution is -0.176. The average molecular weight is 280 g/mol. The zero-order valence-corrected chi connectivity index (χ0v) is 12.7. The smallest absolute Gasteiger partial charge is 0.305 e. The molecule has 4 heteroatoms. The predicted molar refractivity (Wildman–Crippen MR) is 76.7 cm³/mol. The van der Waals surface area contributed by atoms with E-state index in [1.165, 1.54) is 25.8 Å². The highest BCUT2D eigenvalue weighted by atomic mass is 16.7. The Hall–Kier alpha value is -1.58. The molecule has 112 valence electrons. The Kier molecular flexibility index (Phi) is 6.49. The summed E-state index contributed by atoms with van der Waals surface area (Å²) in [6.07, 6.45) is 8.06. The minimum absolute atomic E-state index is 0.474. The Morgan fingerprint density at radius 2 is 1.85 bits per heavy atom. The molecule has 1 atom stereocenters. The summed E-state index contributed by atoms with van der Waals surface area (Å²) in [6.45, 7) is 7.05. The molecule has 0 amide bonds. The zero-order chi connectivity index (χ0) is 15.1. The van der Waals surface area contributed by atoms with E-state index >= 15 is 0 Å². The summed E-state index contributed by atoms with van der Waals surface area (Å²) in [5.74, 6) is 0.391. The van der Waals surface area contributed by atoms with Crippen molar-refractivity contribution in [2.45, 2.75) is 53.2 Å². The molecular weight excluding hydrogens is 256 g/mol. The van der Waals surface area contributed by atoms with Gasteiger partial charge in [0.2, 0.25) is 0 Å². The van der Waals surface area contributed by atoms with Crippen molar-refractivity contribution in [1.29, 1.82) is 0 Å². The first kappa shape index (κ1) is 16.5. The number of carbonyl (C=O) groups excluding carboxylic acids is 2. The molecule has 1 rings (SSSR count). The Morgan fingerprint density at radius 1 is 1.25 bits per heavy atom. The SMILES string of the molecule is CC(=O)OC(C=CC1=CCCC(C(C)C)C1)OC(C)=O. The molecule has 0 saturated carbocycles. The molecule has 20 heavy (non-hydrogen) atoms. The van der Waals surface area contributed by atoms with Crippen molar-refractivity contribution in [3.05, 3.63) is 23.8 Å². The van der Waals surface area contributed by atoms with Crippen molar-refractivity contribution in [3.63, 3.8) is 0 Å². The highest BCUT2D eigenvalue weighted by Crippen LogP contribution is 2.30. The number of rotatable bonds is 5. The molecule has 0 aromatic rings. The molecule has 0 radical (unpaired) electrons. The fourth-order valence-electron chi connectivity index (χ4n) is 2.31. The third kappa shape index (κ3) is 6.04. The Balaban J connectivity index is 2.64. The number of ether oxygens (including phenoxy) is 2. The lowest BCUT2D eigenvalue weighted by atomic mass is 9.81. The minimum atomic E-state index is -0.940. The second kappa shape index (κ2) is 7.88. The van der Waals surface area contributed by atoms with Crippen LogP contribution in [-0.2, 0) is 19.1 Å². The third-order valence-corrected chi connectivity index (χ3v) is 3.42. The number of esters is 2. The number of hydrogen-bond donors (Lipinski definition) is 0. The van der Waals surface area contributed by atoms with E-state index in [0.717, 1.165) is 12.8 Å². The maximum Gasteiger partial charge on any atom is 0.305 e. The van der Waals surface area contributed by atoms with E-state index in [9.17, 15) is 9.59 Å². The van der Waals surface area contributed by atoms with Crippen molar-refractivity contribution in [1.82, 2.24) is 0 Å². The Labute approximate surface area is 120 Å². The number of hydrogen-bond acceptors (Lipinski definition) is 4. The van der Waals surface area contributed by atoms with Gasteiger partial charge in [0.05, 0.1) is 0 Å². The van der Waals surface area contributed by atoms with Crippen molar-refractivity contribution in [3.8, 4) is 0 Å². The molecule has 0 heterocycles. The molecule has 0 aromatic carbocycles. The monoisotopic (exact) mass is 280 g/mol. The summed E-state index contributed by atoms with van der Waals surface area (Å²) in [5.41, 5.74) is 1.21. The molecule has 1 unspecified atom stereocenters. The number of carbonyl (C=O) groups is 2. The Bertz CT molecular complexity index is 391. The molecular formula is C16H24O4. The summed E-state index contributed by atoms with van der Waals surface area (Å²) < 4.78 is 9.86. The molecule has 0 spiro atoms. The summed E-state index contributed by atoms with van der Waals surface area (Å²) in [5, 5.41) is 0. The lowest BCUT2D eigenvalue weighted by Gasteiger charge is -2.24. The van der Waals surface area contributed by atoms with E-state index < -0.39 is 18.2 Å². The first-order valence-electron chi connectivity index (χ1n) is 7.10. The largest absolute Gasteiger partial charge is 0.421 e. The van der Waals surface area contributed by atoms with Gasteiger partial charge in [-0.1, -0.05) is 31.6 Å². The van der Waals surface area contributed by atoms with Gasteiger partial charge in [-0.15, -0.1) is 0 Å². The van der Waals surface area contributed by atoms with Gasteiger partial charge in [0.1, 0.15) is 0 Å². The highest BCUT2D eigenvalue weighted by molar-refractivity contribution is 5.68. The highest BCUT2D eigenvalue weighted by Gasteiger charge is 2.18. The van der Waals surface area contributed by atoms with Crippen LogP contribution in [0.3, 0.4) is 0 Å². The molecule has 1 aliphatic rings. The molecule has 0 bridgehead atoms. The molecule has 1 aliphatic carbocycles. The molecule has 0 saturated heterocycles. The van der Waals surface area contributed by atoms with Gasteiger partial charge in [0.15, 0.2) is 0 Å². The molecule has 4 nitrogen and oxygen atoms in total. The van der Waals surface area contributed by atoms with Crippen molar-refractivity contribution in [2.24, 2.45) is 11.8 Å². The quantitative estimate of drug-likeness (QED) is 0.572. The van der Waals surface area contributed by atoms with Gasteiger partial charge in [-0.3, -0.25) is 9.59 Å². The van der Waals surface area contributed by atoms with Crippen LogP contribution in [0.25, 0.3) is 0 Å². The van der Waals surface area contributed by atoms with Crippen LogP contribution in [0, 0.1) is 11.8 Å². The first-order valence-corrected chi connectivity index (χ1v) is 7.10. The molecule has 0 aliphatic heterocycles. The molecule has 0 fully saturated rings. The summed E-state index contributed by atoms with van der Waals surface area (Å²) >= 11 is 0. The molecule has 0 aromatic heterocycles. The minimum Gasteiger partial charge on any atom is -0.421 e. The second-order valence-electron chi connectivity index (χ2n) is 5.51. The van der Waals surface area contributed by atoms with Crippen LogP contribution in [0.1, 0.15) is 47.0 Å². The van der Waals surface area contributed by atoms with Crippen molar-refractivity contribution >= 4 is 11.9 Å². The van der Waals surface area contributed by atoms with Crippen LogP contribution in [0.15, 0.2) is 23.8 Å². The maximum absolute atomic E-state index is 11.0. The summed E-state index contributed by atoms with van der Waals surface area (Å²) in [7, 11) is 0. The van der Waals surface area contributed by atoms with Gasteiger partial charge in [-0.2, -0.15) is 0 Å². The van der Waals surface area contributed by atoms with Crippen LogP contribution in [0.2, 0.25) is 0 Å². The van der Waals surface area contributed by atoms with Gasteiger partial charge < -0.3 is 9.47 Å². The normalized spacial score (nSPS) is 19.3. The summed E-state index contributed by atoms with van der Waals surface area (Å²) in [4.78, 5) is 21.9. The van der Waals surface area contributed by atoms with E-state index in [2.05, 4.69) is 19.9 Å². The second-order valence-corrected chi connectivity index (χ2v) is 5.51. The summed E-state index contributed by atoms with van der Waals surface area (Å²) in [6, 6.07) is 0. The van der Waals surface area contributed by atoms with Gasteiger partial charge in [0.25, 0.3) is 6.29 Å². The van der Waals surface area contributed by atoms with Crippen LogP contribution < -0.4 is 0 Å². The zero-order valence-electron chi connectivity index (χ0n) is 12.7. The van der Waals surface area contributed by atoms with E-state index in [4.69, 9.17) is 9.47 Å². The lowest BCUT2D eigenvalue weighted by Crippen LogP contribution is -2.20. The van der Waals surface area contributed by atoms with E-state index in [-0.39, 0.29) is 0 Å². The van der Waals surface area contributed by atoms with Gasteiger partial charge in [-0.05, 0) is 37.2 Å². The van der Waals surface area contributed by atoms with Crippen LogP contribution in [0.5, 0.6) is 0 Å². The third-order valence-electron chi connectivity index (χ3n) is 3.42. The van der Waals surface area contributed by atoms with Crippen LogP contribution >= 0.6 is 0 Å². The van der Waals surface area contributed by atoms with Crippen molar-refractivity contribution in [2.75, 3.05) is 0 Å². The van der Waals surface area contributed by atoms with Crippen LogP contribution in [0.4, 0.5) is 0 Å².